The quantitative estimate of drug-likeness (QED) is 0.652. The van der Waals surface area contributed by atoms with Crippen molar-refractivity contribution in [1.82, 2.24) is 9.88 Å². The summed E-state index contributed by atoms with van der Waals surface area (Å²) >= 11 is 0. The summed E-state index contributed by atoms with van der Waals surface area (Å²) in [5.74, 6) is -0.173. The number of anilines is 1. The van der Waals surface area contributed by atoms with Crippen LogP contribution in [0.25, 0.3) is 10.9 Å². The Labute approximate surface area is 165 Å². The van der Waals surface area contributed by atoms with Gasteiger partial charge in [0, 0.05) is 49.0 Å². The molecule has 1 aliphatic rings. The van der Waals surface area contributed by atoms with Crippen LogP contribution in [-0.4, -0.2) is 42.6 Å². The Kier molecular flexibility index (Phi) is 5.59. The number of halogens is 1. The molecule has 0 spiro atoms. The number of unbranched alkanes of at least 4 members (excludes halogenated alkanes) is 1. The molecule has 1 saturated heterocycles. The van der Waals surface area contributed by atoms with Gasteiger partial charge in [0.15, 0.2) is 0 Å². The van der Waals surface area contributed by atoms with Crippen LogP contribution in [0.5, 0.6) is 0 Å². The van der Waals surface area contributed by atoms with Crippen molar-refractivity contribution in [2.45, 2.75) is 19.3 Å². The average molecular weight is 376 g/mol. The lowest BCUT2D eigenvalue weighted by atomic mass is 10.1. The van der Waals surface area contributed by atoms with Gasteiger partial charge in [-0.05, 0) is 73.8 Å². The molecule has 0 aliphatic carbocycles. The van der Waals surface area contributed by atoms with E-state index in [9.17, 15) is 4.39 Å². The molecule has 1 fully saturated rings. The highest BCUT2D eigenvalue weighted by Crippen LogP contribution is 2.21. The van der Waals surface area contributed by atoms with E-state index in [0.717, 1.165) is 62.9 Å². The molecule has 3 aromatic rings. The second-order valence-electron chi connectivity index (χ2n) is 7.45. The number of benzene rings is 2. The summed E-state index contributed by atoms with van der Waals surface area (Å²) in [5, 5.41) is 9.92. The Hall–Kier alpha value is -2.84. The van der Waals surface area contributed by atoms with Gasteiger partial charge in [-0.15, -0.1) is 0 Å². The zero-order chi connectivity index (χ0) is 19.3. The number of rotatable bonds is 6. The van der Waals surface area contributed by atoms with Gasteiger partial charge in [0.1, 0.15) is 5.82 Å². The predicted octanol–water partition coefficient (Wildman–Crippen LogP) is 4.32. The number of H-pyrrole nitrogens is 1. The van der Waals surface area contributed by atoms with E-state index < -0.39 is 0 Å². The second kappa shape index (κ2) is 8.45. The summed E-state index contributed by atoms with van der Waals surface area (Å²) in [6, 6.07) is 15.0. The molecule has 0 bridgehead atoms. The first-order chi connectivity index (χ1) is 13.7. The molecule has 0 unspecified atom stereocenters. The van der Waals surface area contributed by atoms with Gasteiger partial charge in [-0.1, -0.05) is 0 Å². The van der Waals surface area contributed by atoms with Crippen molar-refractivity contribution in [1.29, 1.82) is 5.26 Å². The standard InChI is InChI=1S/C23H25FN4/c24-20-6-9-23-22(15-20)19(17-26-23)3-1-2-10-27-11-13-28(14-12-27)21-7-4-18(16-25)5-8-21/h4-9,15,17,26H,1-3,10-14H2. The fourth-order valence-electron chi connectivity index (χ4n) is 3.98. The highest BCUT2D eigenvalue weighted by atomic mass is 19.1. The van der Waals surface area contributed by atoms with Crippen molar-refractivity contribution >= 4 is 16.6 Å². The molecule has 1 N–H and O–H groups in total. The van der Waals surface area contributed by atoms with Gasteiger partial charge in [0.05, 0.1) is 11.6 Å². The van der Waals surface area contributed by atoms with Crippen molar-refractivity contribution in [2.24, 2.45) is 0 Å². The maximum absolute atomic E-state index is 13.5. The van der Waals surface area contributed by atoms with Gasteiger partial charge >= 0.3 is 0 Å². The molecular formula is C23H25FN4. The minimum absolute atomic E-state index is 0.173. The molecule has 144 valence electrons. The van der Waals surface area contributed by atoms with Crippen LogP contribution >= 0.6 is 0 Å². The summed E-state index contributed by atoms with van der Waals surface area (Å²) in [7, 11) is 0. The summed E-state index contributed by atoms with van der Waals surface area (Å²) in [6.07, 6.45) is 5.26. The molecular weight excluding hydrogens is 351 g/mol. The van der Waals surface area contributed by atoms with E-state index in [2.05, 4.69) is 20.9 Å². The van der Waals surface area contributed by atoms with Crippen molar-refractivity contribution in [3.8, 4) is 6.07 Å². The molecule has 0 saturated carbocycles. The topological polar surface area (TPSA) is 46.1 Å². The van der Waals surface area contributed by atoms with E-state index >= 15 is 0 Å². The molecule has 5 heteroatoms. The van der Waals surface area contributed by atoms with E-state index in [-0.39, 0.29) is 5.82 Å². The van der Waals surface area contributed by atoms with Crippen LogP contribution in [0.2, 0.25) is 0 Å². The Balaban J connectivity index is 1.21. The summed E-state index contributed by atoms with van der Waals surface area (Å²) in [5.41, 5.74) is 4.13. The molecule has 1 aromatic heterocycles. The number of nitrogens with one attached hydrogen (secondary N) is 1. The highest BCUT2D eigenvalue weighted by Gasteiger charge is 2.16. The highest BCUT2D eigenvalue weighted by molar-refractivity contribution is 5.83. The molecule has 1 aliphatic heterocycles. The normalized spacial score (nSPS) is 15.1. The van der Waals surface area contributed by atoms with E-state index in [1.165, 1.54) is 17.3 Å². The van der Waals surface area contributed by atoms with Crippen molar-refractivity contribution in [3.05, 3.63) is 65.6 Å². The number of aryl methyl sites for hydroxylation is 1. The molecule has 28 heavy (non-hydrogen) atoms. The first kappa shape index (κ1) is 18.5. The van der Waals surface area contributed by atoms with Crippen LogP contribution in [0.1, 0.15) is 24.0 Å². The number of nitriles is 1. The van der Waals surface area contributed by atoms with E-state index in [1.807, 2.05) is 36.5 Å². The van der Waals surface area contributed by atoms with Crippen LogP contribution < -0.4 is 4.90 Å². The van der Waals surface area contributed by atoms with Crippen LogP contribution in [-0.2, 0) is 6.42 Å². The van der Waals surface area contributed by atoms with Gasteiger partial charge < -0.3 is 9.88 Å². The lowest BCUT2D eigenvalue weighted by molar-refractivity contribution is 0.253. The second-order valence-corrected chi connectivity index (χ2v) is 7.45. The largest absolute Gasteiger partial charge is 0.369 e. The van der Waals surface area contributed by atoms with Crippen molar-refractivity contribution in [2.75, 3.05) is 37.6 Å². The van der Waals surface area contributed by atoms with Gasteiger partial charge in [-0.3, -0.25) is 4.90 Å². The molecule has 4 rings (SSSR count). The molecule has 0 radical (unpaired) electrons. The Morgan fingerprint density at radius 1 is 1.00 bits per heavy atom. The number of aromatic amines is 1. The number of hydrogen-bond donors (Lipinski definition) is 1. The fourth-order valence-corrected chi connectivity index (χ4v) is 3.98. The van der Waals surface area contributed by atoms with Crippen LogP contribution in [0, 0.1) is 17.1 Å². The number of fused-ring (bicyclic) bond motifs is 1. The third-order valence-electron chi connectivity index (χ3n) is 5.63. The third kappa shape index (κ3) is 4.18. The molecule has 2 aromatic carbocycles. The van der Waals surface area contributed by atoms with Crippen molar-refractivity contribution < 1.29 is 4.39 Å². The smallest absolute Gasteiger partial charge is 0.123 e. The number of piperazine rings is 1. The lowest BCUT2D eigenvalue weighted by Crippen LogP contribution is -2.46. The van der Waals surface area contributed by atoms with Gasteiger partial charge in [0.25, 0.3) is 0 Å². The van der Waals surface area contributed by atoms with Gasteiger partial charge in [0.2, 0.25) is 0 Å². The van der Waals surface area contributed by atoms with Crippen molar-refractivity contribution in [3.63, 3.8) is 0 Å². The zero-order valence-corrected chi connectivity index (χ0v) is 16.0. The fraction of sp³-hybridized carbons (Fsp3) is 0.348. The summed E-state index contributed by atoms with van der Waals surface area (Å²) in [4.78, 5) is 8.14. The van der Waals surface area contributed by atoms with Gasteiger partial charge in [-0.2, -0.15) is 5.26 Å². The molecule has 0 amide bonds. The minimum Gasteiger partial charge on any atom is -0.369 e. The number of nitrogens with zero attached hydrogens (tertiary/aromatic N) is 3. The molecule has 4 nitrogen and oxygen atoms in total. The third-order valence-corrected chi connectivity index (χ3v) is 5.63. The average Bonchev–Trinajstić information content (AvgIpc) is 3.14. The maximum atomic E-state index is 13.5. The SMILES string of the molecule is N#Cc1ccc(N2CCN(CCCCc3c[nH]c4ccc(F)cc34)CC2)cc1. The van der Waals surface area contributed by atoms with E-state index in [4.69, 9.17) is 5.26 Å². The Morgan fingerprint density at radius 2 is 1.79 bits per heavy atom. The summed E-state index contributed by atoms with van der Waals surface area (Å²) in [6.45, 7) is 5.29. The van der Waals surface area contributed by atoms with Crippen LogP contribution in [0.3, 0.4) is 0 Å². The number of hydrogen-bond acceptors (Lipinski definition) is 3. The monoisotopic (exact) mass is 376 g/mol. The van der Waals surface area contributed by atoms with Gasteiger partial charge in [-0.25, -0.2) is 4.39 Å². The Bertz CT molecular complexity index is 962. The van der Waals surface area contributed by atoms with Crippen LogP contribution in [0.15, 0.2) is 48.7 Å². The first-order valence-corrected chi connectivity index (χ1v) is 9.96. The molecule has 0 atom stereocenters. The minimum atomic E-state index is -0.173. The van der Waals surface area contributed by atoms with E-state index in [0.29, 0.717) is 5.56 Å². The lowest BCUT2D eigenvalue weighted by Gasteiger charge is -2.36. The molecule has 2 heterocycles. The van der Waals surface area contributed by atoms with E-state index in [1.54, 1.807) is 6.07 Å². The van der Waals surface area contributed by atoms with Crippen LogP contribution in [0.4, 0.5) is 10.1 Å². The summed E-state index contributed by atoms with van der Waals surface area (Å²) < 4.78 is 13.5. The zero-order valence-electron chi connectivity index (χ0n) is 16.0. The first-order valence-electron chi connectivity index (χ1n) is 9.96. The Morgan fingerprint density at radius 3 is 2.54 bits per heavy atom. The maximum Gasteiger partial charge on any atom is 0.123 e. The predicted molar refractivity (Wildman–Crippen MR) is 111 cm³/mol. The number of aromatic nitrogens is 1.